The van der Waals surface area contributed by atoms with E-state index in [0.717, 1.165) is 0 Å². The van der Waals surface area contributed by atoms with Crippen molar-refractivity contribution in [2.75, 3.05) is 11.9 Å². The number of rotatable bonds is 5. The number of carbonyl (C=O) groups is 2. The van der Waals surface area contributed by atoms with Gasteiger partial charge in [0, 0.05) is 27.8 Å². The van der Waals surface area contributed by atoms with Gasteiger partial charge in [0.25, 0.3) is 5.91 Å². The van der Waals surface area contributed by atoms with Crippen molar-refractivity contribution >= 4 is 40.7 Å². The smallest absolute Gasteiger partial charge is 0.251 e. The molecule has 0 aliphatic heterocycles. The summed E-state index contributed by atoms with van der Waals surface area (Å²) in [5.41, 5.74) is 1.74. The quantitative estimate of drug-likeness (QED) is 0.858. The monoisotopic (exact) mass is 350 g/mol. The molecule has 2 N–H and O–H groups in total. The second kappa shape index (κ2) is 7.99. The Morgan fingerprint density at radius 1 is 1.09 bits per heavy atom. The van der Waals surface area contributed by atoms with Crippen molar-refractivity contribution < 1.29 is 9.59 Å². The SMILES string of the molecule is CCNC(=O)c1cccc(NC(=O)Cc2ccc(Cl)cc2Cl)c1. The van der Waals surface area contributed by atoms with E-state index in [0.29, 0.717) is 33.4 Å². The standard InChI is InChI=1S/C17H16Cl2N2O2/c1-2-20-17(23)12-4-3-5-14(8-12)21-16(22)9-11-6-7-13(18)10-15(11)19/h3-8,10H,2,9H2,1H3,(H,20,23)(H,21,22). The summed E-state index contributed by atoms with van der Waals surface area (Å²) in [6.45, 7) is 2.39. The number of hydrogen-bond donors (Lipinski definition) is 2. The fraction of sp³-hybridized carbons (Fsp3) is 0.176. The van der Waals surface area contributed by atoms with Gasteiger partial charge in [-0.3, -0.25) is 9.59 Å². The third-order valence-electron chi connectivity index (χ3n) is 3.11. The van der Waals surface area contributed by atoms with Gasteiger partial charge in [-0.1, -0.05) is 35.3 Å². The number of hydrogen-bond acceptors (Lipinski definition) is 2. The van der Waals surface area contributed by atoms with Crippen molar-refractivity contribution in [1.29, 1.82) is 0 Å². The molecular weight excluding hydrogens is 335 g/mol. The topological polar surface area (TPSA) is 58.2 Å². The van der Waals surface area contributed by atoms with Crippen LogP contribution in [0.3, 0.4) is 0 Å². The molecule has 0 aromatic heterocycles. The number of halogens is 2. The lowest BCUT2D eigenvalue weighted by Gasteiger charge is -2.08. The van der Waals surface area contributed by atoms with Crippen molar-refractivity contribution in [3.05, 3.63) is 63.6 Å². The third-order valence-corrected chi connectivity index (χ3v) is 3.70. The summed E-state index contributed by atoms with van der Waals surface area (Å²) >= 11 is 11.9. The van der Waals surface area contributed by atoms with Gasteiger partial charge in [0.05, 0.1) is 6.42 Å². The van der Waals surface area contributed by atoms with E-state index in [2.05, 4.69) is 10.6 Å². The zero-order valence-corrected chi connectivity index (χ0v) is 14.0. The van der Waals surface area contributed by atoms with Crippen LogP contribution in [0.2, 0.25) is 10.0 Å². The van der Waals surface area contributed by atoms with Crippen molar-refractivity contribution in [1.82, 2.24) is 5.32 Å². The molecule has 0 atom stereocenters. The maximum Gasteiger partial charge on any atom is 0.251 e. The van der Waals surface area contributed by atoms with Crippen LogP contribution < -0.4 is 10.6 Å². The zero-order chi connectivity index (χ0) is 16.8. The molecule has 120 valence electrons. The Labute approximate surface area is 144 Å². The highest BCUT2D eigenvalue weighted by atomic mass is 35.5. The van der Waals surface area contributed by atoms with Gasteiger partial charge < -0.3 is 10.6 Å². The lowest BCUT2D eigenvalue weighted by atomic mass is 10.1. The average molecular weight is 351 g/mol. The maximum atomic E-state index is 12.1. The summed E-state index contributed by atoms with van der Waals surface area (Å²) in [6, 6.07) is 11.8. The first kappa shape index (κ1) is 17.3. The van der Waals surface area contributed by atoms with Gasteiger partial charge in [0.15, 0.2) is 0 Å². The van der Waals surface area contributed by atoms with Crippen LogP contribution in [0.4, 0.5) is 5.69 Å². The molecule has 2 aromatic rings. The van der Waals surface area contributed by atoms with E-state index in [1.807, 2.05) is 6.92 Å². The molecule has 0 bridgehead atoms. The molecule has 0 radical (unpaired) electrons. The fourth-order valence-corrected chi connectivity index (χ4v) is 2.52. The van der Waals surface area contributed by atoms with Gasteiger partial charge in [0.1, 0.15) is 0 Å². The Morgan fingerprint density at radius 3 is 2.57 bits per heavy atom. The molecule has 0 spiro atoms. The lowest BCUT2D eigenvalue weighted by molar-refractivity contribution is -0.115. The van der Waals surface area contributed by atoms with Crippen LogP contribution in [0, 0.1) is 0 Å². The molecule has 0 heterocycles. The molecule has 0 fully saturated rings. The molecule has 6 heteroatoms. The Balaban J connectivity index is 2.05. The van der Waals surface area contributed by atoms with E-state index in [1.165, 1.54) is 0 Å². The Bertz CT molecular complexity index is 732. The van der Waals surface area contributed by atoms with E-state index in [-0.39, 0.29) is 18.2 Å². The van der Waals surface area contributed by atoms with Gasteiger partial charge in [-0.05, 0) is 42.8 Å². The van der Waals surface area contributed by atoms with Crippen LogP contribution in [0.5, 0.6) is 0 Å². The van der Waals surface area contributed by atoms with Crippen LogP contribution in [0.15, 0.2) is 42.5 Å². The van der Waals surface area contributed by atoms with Crippen molar-refractivity contribution in [3.8, 4) is 0 Å². The lowest BCUT2D eigenvalue weighted by Crippen LogP contribution is -2.23. The molecular formula is C17H16Cl2N2O2. The van der Waals surface area contributed by atoms with Gasteiger partial charge in [0.2, 0.25) is 5.91 Å². The Morgan fingerprint density at radius 2 is 1.87 bits per heavy atom. The average Bonchev–Trinajstić information content (AvgIpc) is 2.50. The van der Waals surface area contributed by atoms with Gasteiger partial charge in [-0.2, -0.15) is 0 Å². The van der Waals surface area contributed by atoms with Gasteiger partial charge >= 0.3 is 0 Å². The van der Waals surface area contributed by atoms with E-state index in [1.54, 1.807) is 42.5 Å². The number of carbonyl (C=O) groups excluding carboxylic acids is 2. The molecule has 0 aliphatic rings. The van der Waals surface area contributed by atoms with Gasteiger partial charge in [-0.15, -0.1) is 0 Å². The molecule has 2 aromatic carbocycles. The predicted octanol–water partition coefficient (Wildman–Crippen LogP) is 3.92. The second-order valence-electron chi connectivity index (χ2n) is 4.90. The molecule has 4 nitrogen and oxygen atoms in total. The van der Waals surface area contributed by atoms with E-state index in [9.17, 15) is 9.59 Å². The second-order valence-corrected chi connectivity index (χ2v) is 5.74. The first-order valence-electron chi connectivity index (χ1n) is 7.11. The number of amides is 2. The minimum absolute atomic E-state index is 0.126. The van der Waals surface area contributed by atoms with Crippen molar-refractivity contribution in [3.63, 3.8) is 0 Å². The molecule has 23 heavy (non-hydrogen) atoms. The normalized spacial score (nSPS) is 10.2. The van der Waals surface area contributed by atoms with E-state index >= 15 is 0 Å². The van der Waals surface area contributed by atoms with Crippen LogP contribution in [-0.4, -0.2) is 18.4 Å². The number of benzene rings is 2. The van der Waals surface area contributed by atoms with Crippen LogP contribution in [-0.2, 0) is 11.2 Å². The summed E-state index contributed by atoms with van der Waals surface area (Å²) in [5.74, 6) is -0.397. The summed E-state index contributed by atoms with van der Waals surface area (Å²) in [6.07, 6.45) is 0.126. The fourth-order valence-electron chi connectivity index (χ4n) is 2.04. The van der Waals surface area contributed by atoms with Crippen LogP contribution in [0.25, 0.3) is 0 Å². The highest BCUT2D eigenvalue weighted by Gasteiger charge is 2.10. The Hall–Kier alpha value is -2.04. The summed E-state index contributed by atoms with van der Waals surface area (Å²) < 4.78 is 0. The molecule has 0 unspecified atom stereocenters. The first-order valence-corrected chi connectivity index (χ1v) is 7.87. The summed E-state index contributed by atoms with van der Waals surface area (Å²) in [4.78, 5) is 23.9. The zero-order valence-electron chi connectivity index (χ0n) is 12.5. The highest BCUT2D eigenvalue weighted by molar-refractivity contribution is 6.35. The maximum absolute atomic E-state index is 12.1. The first-order chi connectivity index (χ1) is 11.0. The summed E-state index contributed by atoms with van der Waals surface area (Å²) in [5, 5.41) is 6.44. The van der Waals surface area contributed by atoms with Crippen LogP contribution >= 0.6 is 23.2 Å². The van der Waals surface area contributed by atoms with E-state index < -0.39 is 0 Å². The van der Waals surface area contributed by atoms with Gasteiger partial charge in [-0.25, -0.2) is 0 Å². The minimum atomic E-state index is -0.220. The van der Waals surface area contributed by atoms with Crippen molar-refractivity contribution in [2.24, 2.45) is 0 Å². The molecule has 2 rings (SSSR count). The minimum Gasteiger partial charge on any atom is -0.352 e. The summed E-state index contributed by atoms with van der Waals surface area (Å²) in [7, 11) is 0. The number of anilines is 1. The predicted molar refractivity (Wildman–Crippen MR) is 93.2 cm³/mol. The third kappa shape index (κ3) is 4.98. The number of nitrogens with one attached hydrogen (secondary N) is 2. The Kier molecular flexibility index (Phi) is 6.02. The molecule has 0 saturated heterocycles. The highest BCUT2D eigenvalue weighted by Crippen LogP contribution is 2.21. The molecule has 0 saturated carbocycles. The molecule has 2 amide bonds. The largest absolute Gasteiger partial charge is 0.352 e. The van der Waals surface area contributed by atoms with E-state index in [4.69, 9.17) is 23.2 Å². The molecule has 0 aliphatic carbocycles. The van der Waals surface area contributed by atoms with Crippen LogP contribution in [0.1, 0.15) is 22.8 Å². The van der Waals surface area contributed by atoms with Crippen molar-refractivity contribution in [2.45, 2.75) is 13.3 Å².